The van der Waals surface area contributed by atoms with Gasteiger partial charge in [0.1, 0.15) is 0 Å². The quantitative estimate of drug-likeness (QED) is 0.662. The lowest BCUT2D eigenvalue weighted by Gasteiger charge is -2.12. The molecular formula is C11H16O4. The summed E-state index contributed by atoms with van der Waals surface area (Å²) < 4.78 is 10.3. The van der Waals surface area contributed by atoms with E-state index in [0.717, 1.165) is 0 Å². The Hall–Kier alpha value is -1.32. The molecule has 1 aliphatic rings. The van der Waals surface area contributed by atoms with Gasteiger partial charge in [0.25, 0.3) is 0 Å². The lowest BCUT2D eigenvalue weighted by molar-refractivity contribution is -0.134. The van der Waals surface area contributed by atoms with Crippen LogP contribution >= 0.6 is 0 Å². The molecule has 1 aliphatic carbocycles. The van der Waals surface area contributed by atoms with E-state index in [0.29, 0.717) is 13.2 Å². The molecule has 0 aromatic heterocycles. The molecule has 0 spiro atoms. The molecule has 0 aromatic rings. The smallest absolute Gasteiger partial charge is 0.214 e. The Morgan fingerprint density at radius 2 is 1.27 bits per heavy atom. The fourth-order valence-electron chi connectivity index (χ4n) is 1.43. The summed E-state index contributed by atoms with van der Waals surface area (Å²) in [7, 11) is 0. The Morgan fingerprint density at radius 1 is 0.933 bits per heavy atom. The molecule has 1 rings (SSSR count). The Labute approximate surface area is 89.2 Å². The van der Waals surface area contributed by atoms with Gasteiger partial charge < -0.3 is 9.47 Å². The van der Waals surface area contributed by atoms with E-state index < -0.39 is 5.41 Å². The largest absolute Gasteiger partial charge is 0.487 e. The summed E-state index contributed by atoms with van der Waals surface area (Å²) in [5.74, 6) is -0.431. The first-order valence-corrected chi connectivity index (χ1v) is 5.06. The zero-order chi connectivity index (χ0) is 11.6. The Bertz CT molecular complexity index is 295. The van der Waals surface area contributed by atoms with Crippen LogP contribution in [0.5, 0.6) is 0 Å². The van der Waals surface area contributed by atoms with Crippen molar-refractivity contribution < 1.29 is 19.1 Å². The van der Waals surface area contributed by atoms with E-state index in [9.17, 15) is 9.59 Å². The van der Waals surface area contributed by atoms with Crippen LogP contribution in [-0.4, -0.2) is 24.8 Å². The molecule has 0 atom stereocenters. The molecule has 15 heavy (non-hydrogen) atoms. The van der Waals surface area contributed by atoms with Crippen LogP contribution in [-0.2, 0) is 19.1 Å². The summed E-state index contributed by atoms with van der Waals surface area (Å²) in [6.07, 6.45) is 0. The first-order valence-electron chi connectivity index (χ1n) is 5.06. The number of Topliss-reactive ketones (excluding diaryl/α,β-unsaturated/α-hetero) is 2. The number of hydrogen-bond donors (Lipinski definition) is 0. The van der Waals surface area contributed by atoms with Crippen molar-refractivity contribution >= 4 is 11.6 Å². The lowest BCUT2D eigenvalue weighted by atomic mass is 9.88. The van der Waals surface area contributed by atoms with E-state index in [1.165, 1.54) is 0 Å². The van der Waals surface area contributed by atoms with Gasteiger partial charge in [0.2, 0.25) is 23.1 Å². The normalized spacial score (nSPS) is 19.7. The van der Waals surface area contributed by atoms with Crippen LogP contribution in [0.1, 0.15) is 27.7 Å². The molecule has 0 saturated carbocycles. The second kappa shape index (κ2) is 4.04. The first kappa shape index (κ1) is 11.8. The Morgan fingerprint density at radius 3 is 1.53 bits per heavy atom. The van der Waals surface area contributed by atoms with Crippen molar-refractivity contribution in [3.8, 4) is 0 Å². The van der Waals surface area contributed by atoms with Gasteiger partial charge >= 0.3 is 0 Å². The van der Waals surface area contributed by atoms with E-state index in [1.807, 2.05) is 0 Å². The van der Waals surface area contributed by atoms with Crippen molar-refractivity contribution in [3.05, 3.63) is 11.5 Å². The van der Waals surface area contributed by atoms with Crippen molar-refractivity contribution in [2.24, 2.45) is 5.41 Å². The molecule has 0 bridgehead atoms. The minimum atomic E-state index is -1.05. The zero-order valence-corrected chi connectivity index (χ0v) is 9.55. The highest BCUT2D eigenvalue weighted by atomic mass is 16.5. The van der Waals surface area contributed by atoms with Crippen LogP contribution in [0.4, 0.5) is 0 Å². The molecule has 0 saturated heterocycles. The summed E-state index contributed by atoms with van der Waals surface area (Å²) in [6, 6.07) is 0. The fraction of sp³-hybridized carbons (Fsp3) is 0.636. The molecule has 0 radical (unpaired) electrons. The average Bonchev–Trinajstić information content (AvgIpc) is 2.33. The third-order valence-electron chi connectivity index (χ3n) is 2.33. The summed E-state index contributed by atoms with van der Waals surface area (Å²) in [5.41, 5.74) is -1.05. The van der Waals surface area contributed by atoms with Gasteiger partial charge in [0.05, 0.1) is 18.6 Å². The first-order chi connectivity index (χ1) is 6.96. The van der Waals surface area contributed by atoms with Crippen LogP contribution in [0.2, 0.25) is 0 Å². The predicted molar refractivity (Wildman–Crippen MR) is 54.1 cm³/mol. The maximum absolute atomic E-state index is 11.8. The molecule has 0 fully saturated rings. The molecule has 4 nitrogen and oxygen atoms in total. The third kappa shape index (κ3) is 1.76. The predicted octanol–water partition coefficient (Wildman–Crippen LogP) is 1.45. The topological polar surface area (TPSA) is 52.6 Å². The number of ketones is 2. The van der Waals surface area contributed by atoms with Gasteiger partial charge in [-0.1, -0.05) is 0 Å². The van der Waals surface area contributed by atoms with Crippen molar-refractivity contribution in [1.82, 2.24) is 0 Å². The molecule has 84 valence electrons. The van der Waals surface area contributed by atoms with Gasteiger partial charge in [0.15, 0.2) is 0 Å². The van der Waals surface area contributed by atoms with Crippen LogP contribution in [0, 0.1) is 5.41 Å². The molecular weight excluding hydrogens is 196 g/mol. The van der Waals surface area contributed by atoms with Crippen LogP contribution in [0.3, 0.4) is 0 Å². The SMILES string of the molecule is CCOC1=C(OCC)C(=O)C(C)(C)C1=O. The van der Waals surface area contributed by atoms with Crippen molar-refractivity contribution in [1.29, 1.82) is 0 Å². The van der Waals surface area contributed by atoms with Crippen LogP contribution < -0.4 is 0 Å². The fourth-order valence-corrected chi connectivity index (χ4v) is 1.43. The Kier molecular flexibility index (Phi) is 3.17. The standard InChI is InChI=1S/C11H16O4/c1-5-14-7-8(15-6-2)10(13)11(3,4)9(7)12/h5-6H2,1-4H3. The number of hydrogen-bond acceptors (Lipinski definition) is 4. The van der Waals surface area contributed by atoms with Crippen LogP contribution in [0.25, 0.3) is 0 Å². The minimum Gasteiger partial charge on any atom is -0.487 e. The van der Waals surface area contributed by atoms with Crippen molar-refractivity contribution in [2.45, 2.75) is 27.7 Å². The monoisotopic (exact) mass is 212 g/mol. The number of rotatable bonds is 4. The summed E-state index contributed by atoms with van der Waals surface area (Å²) in [6.45, 7) is 7.40. The van der Waals surface area contributed by atoms with E-state index >= 15 is 0 Å². The minimum absolute atomic E-state index is 0.0781. The summed E-state index contributed by atoms with van der Waals surface area (Å²) >= 11 is 0. The number of carbonyl (C=O) groups is 2. The zero-order valence-electron chi connectivity index (χ0n) is 9.55. The summed E-state index contributed by atoms with van der Waals surface area (Å²) in [5, 5.41) is 0. The number of carbonyl (C=O) groups excluding carboxylic acids is 2. The molecule has 0 N–H and O–H groups in total. The summed E-state index contributed by atoms with van der Waals surface area (Å²) in [4.78, 5) is 23.7. The van der Waals surface area contributed by atoms with E-state index in [2.05, 4.69) is 0 Å². The maximum Gasteiger partial charge on any atom is 0.214 e. The van der Waals surface area contributed by atoms with Crippen molar-refractivity contribution in [2.75, 3.05) is 13.2 Å². The average molecular weight is 212 g/mol. The van der Waals surface area contributed by atoms with Gasteiger partial charge in [-0.15, -0.1) is 0 Å². The molecule has 0 aliphatic heterocycles. The molecule has 0 heterocycles. The maximum atomic E-state index is 11.8. The van der Waals surface area contributed by atoms with Gasteiger partial charge in [-0.2, -0.15) is 0 Å². The molecule has 0 aromatic carbocycles. The van der Waals surface area contributed by atoms with Crippen LogP contribution in [0.15, 0.2) is 11.5 Å². The van der Waals surface area contributed by atoms with E-state index in [4.69, 9.17) is 9.47 Å². The second-order valence-corrected chi connectivity index (χ2v) is 3.81. The van der Waals surface area contributed by atoms with Gasteiger partial charge in [-0.25, -0.2) is 0 Å². The number of allylic oxidation sites excluding steroid dienone is 2. The molecule has 0 amide bonds. The molecule has 0 unspecified atom stereocenters. The number of ether oxygens (including phenoxy) is 2. The van der Waals surface area contributed by atoms with E-state index in [-0.39, 0.29) is 23.1 Å². The highest BCUT2D eigenvalue weighted by molar-refractivity contribution is 6.25. The third-order valence-corrected chi connectivity index (χ3v) is 2.33. The van der Waals surface area contributed by atoms with E-state index in [1.54, 1.807) is 27.7 Å². The highest BCUT2D eigenvalue weighted by Gasteiger charge is 2.50. The van der Waals surface area contributed by atoms with Gasteiger partial charge in [-0.3, -0.25) is 9.59 Å². The van der Waals surface area contributed by atoms with Gasteiger partial charge in [-0.05, 0) is 27.7 Å². The van der Waals surface area contributed by atoms with Gasteiger partial charge in [0, 0.05) is 0 Å². The van der Waals surface area contributed by atoms with Crippen molar-refractivity contribution in [3.63, 3.8) is 0 Å². The molecule has 4 heteroatoms. The lowest BCUT2D eigenvalue weighted by Crippen LogP contribution is -2.28. The second-order valence-electron chi connectivity index (χ2n) is 3.81. The Balaban J connectivity index is 3.11. The highest BCUT2D eigenvalue weighted by Crippen LogP contribution is 2.35.